The molecule has 3 heteroatoms. The van der Waals surface area contributed by atoms with Crippen molar-refractivity contribution >= 4 is 0 Å². The van der Waals surface area contributed by atoms with Gasteiger partial charge in [-0.15, -0.1) is 0 Å². The molecule has 74 valence electrons. The molecule has 0 aliphatic rings. The maximum atomic E-state index is 9.22. The first kappa shape index (κ1) is 10.3. The Hall–Kier alpha value is -0.830. The summed E-state index contributed by atoms with van der Waals surface area (Å²) in [5, 5.41) is 13.5. The first-order valence-corrected chi connectivity index (χ1v) is 4.72. The molecular formula is C10H18N2O. The van der Waals surface area contributed by atoms with E-state index in [0.29, 0.717) is 12.5 Å². The van der Waals surface area contributed by atoms with Crippen LogP contribution in [0.4, 0.5) is 0 Å². The summed E-state index contributed by atoms with van der Waals surface area (Å²) in [6.45, 7) is 8.70. The van der Waals surface area contributed by atoms with Gasteiger partial charge in [0.15, 0.2) is 0 Å². The molecule has 0 unspecified atom stereocenters. The van der Waals surface area contributed by atoms with E-state index < -0.39 is 0 Å². The fraction of sp³-hybridized carbons (Fsp3) is 0.700. The Labute approximate surface area is 79.4 Å². The van der Waals surface area contributed by atoms with Crippen molar-refractivity contribution < 1.29 is 5.11 Å². The van der Waals surface area contributed by atoms with Crippen molar-refractivity contribution in [1.29, 1.82) is 0 Å². The minimum absolute atomic E-state index is 0.335. The van der Waals surface area contributed by atoms with Gasteiger partial charge >= 0.3 is 0 Å². The molecule has 0 amide bonds. The molecule has 1 rings (SSSR count). The van der Waals surface area contributed by atoms with E-state index in [2.05, 4.69) is 18.9 Å². The Morgan fingerprint density at radius 2 is 2.08 bits per heavy atom. The van der Waals surface area contributed by atoms with E-state index in [0.717, 1.165) is 5.69 Å². The summed E-state index contributed by atoms with van der Waals surface area (Å²) in [6, 6.07) is 0. The molecule has 0 aromatic carbocycles. The van der Waals surface area contributed by atoms with Crippen molar-refractivity contribution in [2.45, 2.75) is 46.3 Å². The smallest absolute Gasteiger partial charge is 0.0708 e. The molecule has 0 saturated carbocycles. The van der Waals surface area contributed by atoms with Gasteiger partial charge in [-0.2, -0.15) is 5.10 Å². The number of nitrogens with zero attached hydrogens (tertiary/aromatic N) is 2. The quantitative estimate of drug-likeness (QED) is 0.772. The van der Waals surface area contributed by atoms with Crippen molar-refractivity contribution in [2.75, 3.05) is 0 Å². The summed E-state index contributed by atoms with van der Waals surface area (Å²) in [5.41, 5.74) is 2.43. The van der Waals surface area contributed by atoms with E-state index in [-0.39, 0.29) is 6.10 Å². The average molecular weight is 182 g/mol. The number of rotatable bonds is 3. The highest BCUT2D eigenvalue weighted by molar-refractivity contribution is 5.19. The van der Waals surface area contributed by atoms with E-state index >= 15 is 0 Å². The predicted molar refractivity (Wildman–Crippen MR) is 52.7 cm³/mol. The number of aromatic nitrogens is 2. The molecule has 0 aliphatic heterocycles. The number of hydrogen-bond donors (Lipinski definition) is 1. The Kier molecular flexibility index (Phi) is 3.09. The molecule has 1 aromatic heterocycles. The van der Waals surface area contributed by atoms with Gasteiger partial charge in [-0.1, -0.05) is 13.8 Å². The molecule has 1 aromatic rings. The molecule has 1 N–H and O–H groups in total. The predicted octanol–water partition coefficient (Wildman–Crippen LogP) is 1.70. The summed E-state index contributed by atoms with van der Waals surface area (Å²) in [6.07, 6.45) is 1.56. The van der Waals surface area contributed by atoms with Gasteiger partial charge in [-0.3, -0.25) is 4.68 Å². The molecular weight excluding hydrogens is 164 g/mol. The van der Waals surface area contributed by atoms with Gasteiger partial charge < -0.3 is 5.11 Å². The second-order valence-corrected chi connectivity index (χ2v) is 3.87. The Morgan fingerprint density at radius 3 is 2.46 bits per heavy atom. The standard InChI is InChI=1S/C10H18N2O/c1-7(2)10-5-11-12(9(10)4)6-8(3)13/h5,7-8,13H,6H2,1-4H3/t8-/m0/s1. The first-order valence-electron chi connectivity index (χ1n) is 4.72. The lowest BCUT2D eigenvalue weighted by Gasteiger charge is -2.08. The van der Waals surface area contributed by atoms with E-state index in [4.69, 9.17) is 0 Å². The van der Waals surface area contributed by atoms with Crippen LogP contribution in [0, 0.1) is 6.92 Å². The third-order valence-electron chi connectivity index (χ3n) is 2.20. The van der Waals surface area contributed by atoms with Gasteiger partial charge in [0, 0.05) is 5.69 Å². The minimum Gasteiger partial charge on any atom is -0.391 e. The van der Waals surface area contributed by atoms with Crippen molar-refractivity contribution in [1.82, 2.24) is 9.78 Å². The van der Waals surface area contributed by atoms with E-state index in [1.54, 1.807) is 6.92 Å². The zero-order valence-electron chi connectivity index (χ0n) is 8.78. The van der Waals surface area contributed by atoms with Crippen LogP contribution in [0.15, 0.2) is 6.20 Å². The second-order valence-electron chi connectivity index (χ2n) is 3.87. The highest BCUT2D eigenvalue weighted by atomic mass is 16.3. The van der Waals surface area contributed by atoms with Gasteiger partial charge in [-0.25, -0.2) is 0 Å². The van der Waals surface area contributed by atoms with Gasteiger partial charge in [0.25, 0.3) is 0 Å². The molecule has 1 atom stereocenters. The lowest BCUT2D eigenvalue weighted by Crippen LogP contribution is -2.14. The number of aliphatic hydroxyl groups excluding tert-OH is 1. The highest BCUT2D eigenvalue weighted by Crippen LogP contribution is 2.17. The van der Waals surface area contributed by atoms with Crippen LogP contribution in [-0.4, -0.2) is 21.0 Å². The SMILES string of the molecule is Cc1c(C(C)C)cnn1C[C@H](C)O. The third kappa shape index (κ3) is 2.31. The van der Waals surface area contributed by atoms with Gasteiger partial charge in [0.1, 0.15) is 0 Å². The van der Waals surface area contributed by atoms with Crippen LogP contribution in [0.1, 0.15) is 37.9 Å². The summed E-state index contributed by atoms with van der Waals surface area (Å²) in [5.74, 6) is 0.503. The molecule has 0 saturated heterocycles. The van der Waals surface area contributed by atoms with E-state index in [1.807, 2.05) is 17.8 Å². The Bertz CT molecular complexity index is 276. The summed E-state index contributed by atoms with van der Waals surface area (Å²) in [4.78, 5) is 0. The third-order valence-corrected chi connectivity index (χ3v) is 2.20. The van der Waals surface area contributed by atoms with Crippen LogP contribution in [0.3, 0.4) is 0 Å². The molecule has 1 heterocycles. The molecule has 0 radical (unpaired) electrons. The topological polar surface area (TPSA) is 38.0 Å². The largest absolute Gasteiger partial charge is 0.391 e. The maximum absolute atomic E-state index is 9.22. The zero-order valence-corrected chi connectivity index (χ0v) is 8.78. The molecule has 0 spiro atoms. The summed E-state index contributed by atoms with van der Waals surface area (Å²) in [7, 11) is 0. The van der Waals surface area contributed by atoms with Gasteiger partial charge in [0.2, 0.25) is 0 Å². The van der Waals surface area contributed by atoms with Gasteiger partial charge in [-0.05, 0) is 25.3 Å². The average Bonchev–Trinajstić information content (AvgIpc) is 2.32. The van der Waals surface area contributed by atoms with Crippen LogP contribution in [0.5, 0.6) is 0 Å². The maximum Gasteiger partial charge on any atom is 0.0708 e. The van der Waals surface area contributed by atoms with Crippen LogP contribution in [0.25, 0.3) is 0 Å². The number of aliphatic hydroxyl groups is 1. The molecule has 0 aliphatic carbocycles. The lowest BCUT2D eigenvalue weighted by molar-refractivity contribution is 0.167. The van der Waals surface area contributed by atoms with E-state index in [1.165, 1.54) is 5.56 Å². The summed E-state index contributed by atoms with van der Waals surface area (Å²) >= 11 is 0. The highest BCUT2D eigenvalue weighted by Gasteiger charge is 2.10. The Balaban J connectivity index is 2.86. The fourth-order valence-electron chi connectivity index (χ4n) is 1.46. The number of hydrogen-bond acceptors (Lipinski definition) is 2. The van der Waals surface area contributed by atoms with Crippen molar-refractivity contribution in [2.24, 2.45) is 0 Å². The van der Waals surface area contributed by atoms with Crippen molar-refractivity contribution in [3.8, 4) is 0 Å². The fourth-order valence-corrected chi connectivity index (χ4v) is 1.46. The second kappa shape index (κ2) is 3.92. The molecule has 3 nitrogen and oxygen atoms in total. The van der Waals surface area contributed by atoms with E-state index in [9.17, 15) is 5.11 Å². The van der Waals surface area contributed by atoms with Crippen LogP contribution < -0.4 is 0 Å². The van der Waals surface area contributed by atoms with Crippen LogP contribution >= 0.6 is 0 Å². The monoisotopic (exact) mass is 182 g/mol. The zero-order chi connectivity index (χ0) is 10.0. The normalized spacial score (nSPS) is 13.7. The van der Waals surface area contributed by atoms with Crippen molar-refractivity contribution in [3.05, 3.63) is 17.5 Å². The lowest BCUT2D eigenvalue weighted by atomic mass is 10.1. The minimum atomic E-state index is -0.335. The van der Waals surface area contributed by atoms with Crippen molar-refractivity contribution in [3.63, 3.8) is 0 Å². The van der Waals surface area contributed by atoms with Crippen LogP contribution in [-0.2, 0) is 6.54 Å². The van der Waals surface area contributed by atoms with Gasteiger partial charge in [0.05, 0.1) is 18.8 Å². The Morgan fingerprint density at radius 1 is 1.46 bits per heavy atom. The molecule has 0 fully saturated rings. The summed E-state index contributed by atoms with van der Waals surface area (Å²) < 4.78 is 1.86. The molecule has 13 heavy (non-hydrogen) atoms. The first-order chi connectivity index (χ1) is 6.02. The van der Waals surface area contributed by atoms with Crippen LogP contribution in [0.2, 0.25) is 0 Å². The molecule has 0 bridgehead atoms.